The van der Waals surface area contributed by atoms with Gasteiger partial charge in [-0.25, -0.2) is 0 Å². The zero-order valence-corrected chi connectivity index (χ0v) is 8.71. The van der Waals surface area contributed by atoms with Crippen molar-refractivity contribution in [2.24, 2.45) is 5.73 Å². The van der Waals surface area contributed by atoms with Gasteiger partial charge >= 0.3 is 0 Å². The SMILES string of the molecule is CC[C@@H](N)c1cccc(I)c1. The Morgan fingerprint density at radius 2 is 2.27 bits per heavy atom. The van der Waals surface area contributed by atoms with Crippen LogP contribution in [0.1, 0.15) is 24.9 Å². The van der Waals surface area contributed by atoms with E-state index < -0.39 is 0 Å². The fourth-order valence-corrected chi connectivity index (χ4v) is 1.54. The Kier molecular flexibility index (Phi) is 3.33. The van der Waals surface area contributed by atoms with Crippen LogP contribution in [0, 0.1) is 3.57 Å². The highest BCUT2D eigenvalue weighted by molar-refractivity contribution is 14.1. The number of hydrogen-bond acceptors (Lipinski definition) is 1. The van der Waals surface area contributed by atoms with Gasteiger partial charge in [-0.3, -0.25) is 0 Å². The standard InChI is InChI=1S/C9H12IN/c1-2-9(11)7-4-3-5-8(10)6-7/h3-6,9H,2,11H2,1H3/t9-/m1/s1. The molecular weight excluding hydrogens is 249 g/mol. The average Bonchev–Trinajstić information content (AvgIpc) is 2.03. The average molecular weight is 261 g/mol. The van der Waals surface area contributed by atoms with Crippen molar-refractivity contribution in [1.29, 1.82) is 0 Å². The van der Waals surface area contributed by atoms with Crippen molar-refractivity contribution in [3.8, 4) is 0 Å². The van der Waals surface area contributed by atoms with Crippen LogP contribution < -0.4 is 5.73 Å². The van der Waals surface area contributed by atoms with E-state index in [9.17, 15) is 0 Å². The van der Waals surface area contributed by atoms with Crippen molar-refractivity contribution in [1.82, 2.24) is 0 Å². The minimum atomic E-state index is 0.199. The third-order valence-electron chi connectivity index (χ3n) is 1.72. The van der Waals surface area contributed by atoms with Crippen molar-refractivity contribution in [2.75, 3.05) is 0 Å². The highest BCUT2D eigenvalue weighted by Crippen LogP contribution is 2.15. The number of benzene rings is 1. The van der Waals surface area contributed by atoms with E-state index in [4.69, 9.17) is 5.73 Å². The van der Waals surface area contributed by atoms with Crippen molar-refractivity contribution in [2.45, 2.75) is 19.4 Å². The Morgan fingerprint density at radius 1 is 1.55 bits per heavy atom. The number of hydrogen-bond donors (Lipinski definition) is 1. The second-order valence-electron chi connectivity index (χ2n) is 2.57. The molecule has 2 heteroatoms. The fraction of sp³-hybridized carbons (Fsp3) is 0.333. The van der Waals surface area contributed by atoms with Gasteiger partial charge in [-0.2, -0.15) is 0 Å². The molecule has 60 valence electrons. The van der Waals surface area contributed by atoms with E-state index in [1.807, 2.05) is 6.07 Å². The molecule has 0 spiro atoms. The molecule has 1 nitrogen and oxygen atoms in total. The van der Waals surface area contributed by atoms with Gasteiger partial charge in [0.25, 0.3) is 0 Å². The zero-order valence-electron chi connectivity index (χ0n) is 6.55. The minimum Gasteiger partial charge on any atom is -0.324 e. The second-order valence-corrected chi connectivity index (χ2v) is 3.82. The maximum Gasteiger partial charge on any atom is 0.0292 e. The van der Waals surface area contributed by atoms with E-state index in [0.29, 0.717) is 0 Å². The molecule has 1 atom stereocenters. The number of halogens is 1. The van der Waals surface area contributed by atoms with Crippen LogP contribution in [0.2, 0.25) is 0 Å². The fourth-order valence-electron chi connectivity index (χ4n) is 0.973. The molecule has 0 heterocycles. The number of rotatable bonds is 2. The molecule has 0 saturated carbocycles. The lowest BCUT2D eigenvalue weighted by atomic mass is 10.1. The van der Waals surface area contributed by atoms with Gasteiger partial charge in [-0.1, -0.05) is 19.1 Å². The summed E-state index contributed by atoms with van der Waals surface area (Å²) < 4.78 is 1.25. The van der Waals surface area contributed by atoms with Crippen molar-refractivity contribution >= 4 is 22.6 Å². The summed E-state index contributed by atoms with van der Waals surface area (Å²) in [5.74, 6) is 0. The van der Waals surface area contributed by atoms with E-state index in [2.05, 4.69) is 47.7 Å². The van der Waals surface area contributed by atoms with Crippen LogP contribution in [0.4, 0.5) is 0 Å². The molecule has 0 amide bonds. The summed E-state index contributed by atoms with van der Waals surface area (Å²) in [6, 6.07) is 8.54. The van der Waals surface area contributed by atoms with Gasteiger partial charge in [-0.05, 0) is 46.7 Å². The van der Waals surface area contributed by atoms with E-state index in [1.54, 1.807) is 0 Å². The van der Waals surface area contributed by atoms with Gasteiger partial charge in [0.15, 0.2) is 0 Å². The Balaban J connectivity index is 2.86. The highest BCUT2D eigenvalue weighted by Gasteiger charge is 2.01. The maximum absolute atomic E-state index is 5.86. The lowest BCUT2D eigenvalue weighted by Crippen LogP contribution is -2.08. The molecule has 0 bridgehead atoms. The summed E-state index contributed by atoms with van der Waals surface area (Å²) in [5.41, 5.74) is 7.10. The van der Waals surface area contributed by atoms with Gasteiger partial charge in [0.05, 0.1) is 0 Å². The lowest BCUT2D eigenvalue weighted by Gasteiger charge is -2.08. The van der Waals surface area contributed by atoms with Crippen LogP contribution in [0.5, 0.6) is 0 Å². The Bertz CT molecular complexity index is 235. The first-order valence-electron chi connectivity index (χ1n) is 3.75. The first-order valence-corrected chi connectivity index (χ1v) is 4.83. The first-order chi connectivity index (χ1) is 5.24. The van der Waals surface area contributed by atoms with Crippen molar-refractivity contribution < 1.29 is 0 Å². The van der Waals surface area contributed by atoms with Crippen LogP contribution in [0.25, 0.3) is 0 Å². The topological polar surface area (TPSA) is 26.0 Å². The van der Waals surface area contributed by atoms with E-state index in [0.717, 1.165) is 6.42 Å². The smallest absolute Gasteiger partial charge is 0.0292 e. The Hall–Kier alpha value is -0.0900. The summed E-state index contributed by atoms with van der Waals surface area (Å²) >= 11 is 2.30. The molecule has 1 rings (SSSR count). The summed E-state index contributed by atoms with van der Waals surface area (Å²) in [7, 11) is 0. The largest absolute Gasteiger partial charge is 0.324 e. The monoisotopic (exact) mass is 261 g/mol. The quantitative estimate of drug-likeness (QED) is 0.814. The van der Waals surface area contributed by atoms with Gasteiger partial charge in [0, 0.05) is 9.61 Å². The molecular formula is C9H12IN. The third kappa shape index (κ3) is 2.45. The highest BCUT2D eigenvalue weighted by atomic mass is 127. The van der Waals surface area contributed by atoms with Gasteiger partial charge in [0.2, 0.25) is 0 Å². The molecule has 0 saturated heterocycles. The Morgan fingerprint density at radius 3 is 2.82 bits per heavy atom. The maximum atomic E-state index is 5.86. The molecule has 11 heavy (non-hydrogen) atoms. The molecule has 2 N–H and O–H groups in total. The van der Waals surface area contributed by atoms with Gasteiger partial charge in [0.1, 0.15) is 0 Å². The molecule has 0 unspecified atom stereocenters. The van der Waals surface area contributed by atoms with Gasteiger partial charge < -0.3 is 5.73 Å². The molecule has 0 aliphatic carbocycles. The van der Waals surface area contributed by atoms with Crippen molar-refractivity contribution in [3.63, 3.8) is 0 Å². The summed E-state index contributed by atoms with van der Waals surface area (Å²) in [6.07, 6.45) is 1.00. The van der Waals surface area contributed by atoms with E-state index in [1.165, 1.54) is 9.13 Å². The van der Waals surface area contributed by atoms with E-state index >= 15 is 0 Å². The van der Waals surface area contributed by atoms with Crippen LogP contribution in [0.15, 0.2) is 24.3 Å². The van der Waals surface area contributed by atoms with Crippen LogP contribution in [-0.4, -0.2) is 0 Å². The number of nitrogens with two attached hydrogens (primary N) is 1. The first kappa shape index (κ1) is 9.00. The molecule has 0 radical (unpaired) electrons. The van der Waals surface area contributed by atoms with Crippen LogP contribution in [-0.2, 0) is 0 Å². The third-order valence-corrected chi connectivity index (χ3v) is 2.39. The lowest BCUT2D eigenvalue weighted by molar-refractivity contribution is 0.698. The van der Waals surface area contributed by atoms with Crippen molar-refractivity contribution in [3.05, 3.63) is 33.4 Å². The molecule has 0 aliphatic heterocycles. The molecule has 0 aromatic heterocycles. The minimum absolute atomic E-state index is 0.199. The van der Waals surface area contributed by atoms with Crippen LogP contribution >= 0.6 is 22.6 Å². The zero-order chi connectivity index (χ0) is 8.27. The predicted molar refractivity (Wildman–Crippen MR) is 56.4 cm³/mol. The van der Waals surface area contributed by atoms with E-state index in [-0.39, 0.29) is 6.04 Å². The molecule has 0 aliphatic rings. The van der Waals surface area contributed by atoms with Crippen LogP contribution in [0.3, 0.4) is 0 Å². The molecule has 1 aromatic carbocycles. The summed E-state index contributed by atoms with van der Waals surface area (Å²) in [4.78, 5) is 0. The summed E-state index contributed by atoms with van der Waals surface area (Å²) in [6.45, 7) is 2.10. The van der Waals surface area contributed by atoms with Gasteiger partial charge in [-0.15, -0.1) is 0 Å². The summed E-state index contributed by atoms with van der Waals surface area (Å²) in [5, 5.41) is 0. The Labute approximate surface area is 81.1 Å². The molecule has 1 aromatic rings. The second kappa shape index (κ2) is 4.07. The normalized spacial score (nSPS) is 13.0. The predicted octanol–water partition coefficient (Wildman–Crippen LogP) is 2.70. The molecule has 0 fully saturated rings.